The SMILES string of the molecule is CN1CCCCC1.CN1CCCCCC1.CN1CCCCCCC1.CN1CCNCC1. The summed E-state index contributed by atoms with van der Waals surface area (Å²) in [6, 6.07) is 0. The van der Waals surface area contributed by atoms with Gasteiger partial charge in [0.05, 0.1) is 0 Å². The maximum Gasteiger partial charge on any atom is 0.0104 e. The van der Waals surface area contributed by atoms with Gasteiger partial charge in [-0.2, -0.15) is 0 Å². The molecule has 0 aromatic carbocycles. The molecule has 4 rings (SSSR count). The Hall–Kier alpha value is -0.200. The maximum atomic E-state index is 3.27. The first-order chi connectivity index (χ1) is 15.1. The Morgan fingerprint density at radius 2 is 0.548 bits per heavy atom. The van der Waals surface area contributed by atoms with E-state index in [9.17, 15) is 0 Å². The van der Waals surface area contributed by atoms with Gasteiger partial charge < -0.3 is 24.9 Å². The van der Waals surface area contributed by atoms with Gasteiger partial charge in [0, 0.05) is 26.2 Å². The zero-order valence-corrected chi connectivity index (χ0v) is 21.8. The molecule has 0 aromatic heterocycles. The van der Waals surface area contributed by atoms with Crippen LogP contribution in [0.3, 0.4) is 0 Å². The highest BCUT2D eigenvalue weighted by Gasteiger charge is 2.03. The van der Waals surface area contributed by atoms with Gasteiger partial charge in [-0.05, 0) is 106 Å². The first kappa shape index (κ1) is 28.8. The Labute approximate surface area is 195 Å². The van der Waals surface area contributed by atoms with Crippen LogP contribution in [0.25, 0.3) is 0 Å². The van der Waals surface area contributed by atoms with Gasteiger partial charge in [-0.1, -0.05) is 38.5 Å². The van der Waals surface area contributed by atoms with Crippen LogP contribution in [0.2, 0.25) is 0 Å². The molecule has 0 amide bonds. The van der Waals surface area contributed by atoms with Crippen LogP contribution in [0.15, 0.2) is 0 Å². The van der Waals surface area contributed by atoms with Gasteiger partial charge in [0.15, 0.2) is 0 Å². The Morgan fingerprint density at radius 1 is 0.323 bits per heavy atom. The first-order valence-electron chi connectivity index (χ1n) is 13.5. The molecule has 0 radical (unpaired) electrons. The van der Waals surface area contributed by atoms with E-state index in [-0.39, 0.29) is 0 Å². The Morgan fingerprint density at radius 3 is 0.806 bits per heavy atom. The summed E-state index contributed by atoms with van der Waals surface area (Å²) in [7, 11) is 8.79. The zero-order valence-electron chi connectivity index (χ0n) is 21.8. The topological polar surface area (TPSA) is 25.0 Å². The molecule has 1 N–H and O–H groups in total. The monoisotopic (exact) mass is 439 g/mol. The van der Waals surface area contributed by atoms with Gasteiger partial charge in [-0.3, -0.25) is 0 Å². The molecule has 4 aliphatic rings. The predicted octanol–water partition coefficient (Wildman–Crippen LogP) is 4.00. The number of rotatable bonds is 0. The smallest absolute Gasteiger partial charge is 0.0104 e. The molecule has 0 atom stereocenters. The molecule has 0 aromatic rings. The number of piperidine rings is 1. The minimum atomic E-state index is 1.16. The lowest BCUT2D eigenvalue weighted by atomic mass is 10.1. The molecule has 0 aliphatic carbocycles. The van der Waals surface area contributed by atoms with E-state index in [2.05, 4.69) is 53.1 Å². The second kappa shape index (κ2) is 20.4. The highest BCUT2D eigenvalue weighted by atomic mass is 15.2. The van der Waals surface area contributed by atoms with Crippen LogP contribution in [-0.4, -0.2) is 113 Å². The molecule has 0 bridgehead atoms. The van der Waals surface area contributed by atoms with Crippen molar-refractivity contribution in [3.05, 3.63) is 0 Å². The van der Waals surface area contributed by atoms with Crippen molar-refractivity contribution in [1.82, 2.24) is 24.9 Å². The molecule has 186 valence electrons. The quantitative estimate of drug-likeness (QED) is 0.615. The number of nitrogens with zero attached hydrogens (tertiary/aromatic N) is 4. The van der Waals surface area contributed by atoms with Crippen LogP contribution < -0.4 is 5.32 Å². The lowest BCUT2D eigenvalue weighted by molar-refractivity contribution is 0.277. The predicted molar refractivity (Wildman–Crippen MR) is 138 cm³/mol. The molecule has 0 unspecified atom stereocenters. The van der Waals surface area contributed by atoms with Crippen LogP contribution in [0.4, 0.5) is 0 Å². The van der Waals surface area contributed by atoms with Crippen LogP contribution >= 0.6 is 0 Å². The van der Waals surface area contributed by atoms with Crippen LogP contribution in [0, 0.1) is 0 Å². The normalized spacial score (nSPS) is 25.2. The summed E-state index contributed by atoms with van der Waals surface area (Å²) >= 11 is 0. The van der Waals surface area contributed by atoms with Crippen molar-refractivity contribution in [1.29, 1.82) is 0 Å². The lowest BCUT2D eigenvalue weighted by Crippen LogP contribution is -2.40. The van der Waals surface area contributed by atoms with E-state index in [1.807, 2.05) is 0 Å². The van der Waals surface area contributed by atoms with Crippen LogP contribution in [-0.2, 0) is 0 Å². The molecule has 4 saturated heterocycles. The Kier molecular flexibility index (Phi) is 19.0. The van der Waals surface area contributed by atoms with Crippen molar-refractivity contribution in [3.8, 4) is 0 Å². The Balaban J connectivity index is 0.000000208. The third-order valence-electron chi connectivity index (χ3n) is 6.83. The third kappa shape index (κ3) is 19.0. The average molecular weight is 440 g/mol. The summed E-state index contributed by atoms with van der Waals surface area (Å²) in [5, 5.41) is 3.27. The first-order valence-corrected chi connectivity index (χ1v) is 13.5. The van der Waals surface area contributed by atoms with Crippen molar-refractivity contribution in [2.24, 2.45) is 0 Å². The number of likely N-dealkylation sites (tertiary alicyclic amines) is 3. The number of piperazine rings is 1. The van der Waals surface area contributed by atoms with Crippen LogP contribution in [0.1, 0.15) is 77.0 Å². The van der Waals surface area contributed by atoms with E-state index in [1.54, 1.807) is 0 Å². The van der Waals surface area contributed by atoms with Gasteiger partial charge in [0.25, 0.3) is 0 Å². The Bertz CT molecular complexity index is 335. The molecule has 4 fully saturated rings. The summed E-state index contributed by atoms with van der Waals surface area (Å²) in [5.41, 5.74) is 0. The van der Waals surface area contributed by atoms with Gasteiger partial charge in [0.2, 0.25) is 0 Å². The van der Waals surface area contributed by atoms with E-state index >= 15 is 0 Å². The van der Waals surface area contributed by atoms with Crippen molar-refractivity contribution in [3.63, 3.8) is 0 Å². The second-order valence-corrected chi connectivity index (χ2v) is 10.2. The highest BCUT2D eigenvalue weighted by Crippen LogP contribution is 2.08. The summed E-state index contributed by atoms with van der Waals surface area (Å²) < 4.78 is 0. The number of likely N-dealkylation sites (N-methyl/N-ethyl adjacent to an activating group) is 1. The van der Waals surface area contributed by atoms with E-state index in [0.717, 1.165) is 13.1 Å². The summed E-state index contributed by atoms with van der Waals surface area (Å²) in [6.07, 6.45) is 17.2. The van der Waals surface area contributed by atoms with Gasteiger partial charge in [-0.15, -0.1) is 0 Å². The molecule has 4 heterocycles. The minimum absolute atomic E-state index is 1.16. The molecule has 4 aliphatic heterocycles. The van der Waals surface area contributed by atoms with Gasteiger partial charge >= 0.3 is 0 Å². The van der Waals surface area contributed by atoms with Crippen LogP contribution in [0.5, 0.6) is 0 Å². The molecular weight excluding hydrogens is 382 g/mol. The number of hydrogen-bond acceptors (Lipinski definition) is 5. The molecule has 0 spiro atoms. The zero-order chi connectivity index (χ0) is 22.6. The van der Waals surface area contributed by atoms with E-state index in [0.29, 0.717) is 0 Å². The number of nitrogens with one attached hydrogen (secondary N) is 1. The maximum absolute atomic E-state index is 3.27. The summed E-state index contributed by atoms with van der Waals surface area (Å²) in [6.45, 7) is 12.7. The van der Waals surface area contributed by atoms with Crippen molar-refractivity contribution < 1.29 is 0 Å². The van der Waals surface area contributed by atoms with Crippen molar-refractivity contribution in [2.75, 3.05) is 93.6 Å². The van der Waals surface area contributed by atoms with Crippen molar-refractivity contribution >= 4 is 0 Å². The molecule has 0 saturated carbocycles. The molecule has 5 nitrogen and oxygen atoms in total. The molecule has 31 heavy (non-hydrogen) atoms. The fourth-order valence-electron chi connectivity index (χ4n) is 4.46. The van der Waals surface area contributed by atoms with E-state index in [4.69, 9.17) is 0 Å². The minimum Gasteiger partial charge on any atom is -0.314 e. The fourth-order valence-corrected chi connectivity index (χ4v) is 4.46. The second-order valence-electron chi connectivity index (χ2n) is 10.2. The molecule has 5 heteroatoms. The van der Waals surface area contributed by atoms with E-state index in [1.165, 1.54) is 129 Å². The highest BCUT2D eigenvalue weighted by molar-refractivity contribution is 4.62. The number of hydrogen-bond donors (Lipinski definition) is 1. The van der Waals surface area contributed by atoms with E-state index < -0.39 is 0 Å². The third-order valence-corrected chi connectivity index (χ3v) is 6.83. The lowest BCUT2D eigenvalue weighted by Gasteiger charge is -2.21. The average Bonchev–Trinajstić information content (AvgIpc) is 3.01. The summed E-state index contributed by atoms with van der Waals surface area (Å²) in [4.78, 5) is 9.59. The largest absolute Gasteiger partial charge is 0.314 e. The standard InChI is InChI=1S/C8H17N.C7H15N.C6H13N.C5H12N2/c1-9-7-5-3-2-4-6-8-9;1-8-6-4-2-3-5-7-8;1-7-5-3-2-4-6-7;1-7-4-2-6-3-5-7/h2-8H2,1H3;2-7H2,1H3;2-6H2,1H3;6H,2-5H2,1H3. The molecular formula is C26H57N5. The van der Waals surface area contributed by atoms with Gasteiger partial charge in [0.1, 0.15) is 0 Å². The summed E-state index contributed by atoms with van der Waals surface area (Å²) in [5.74, 6) is 0. The fraction of sp³-hybridized carbons (Fsp3) is 1.00. The van der Waals surface area contributed by atoms with Crippen molar-refractivity contribution in [2.45, 2.75) is 77.0 Å². The van der Waals surface area contributed by atoms with Gasteiger partial charge in [-0.25, -0.2) is 0 Å².